The lowest BCUT2D eigenvalue weighted by Crippen LogP contribution is -2.48. The molecule has 2 rings (SSSR count). The molecule has 1 unspecified atom stereocenters. The number of rotatable bonds is 4. The first-order chi connectivity index (χ1) is 9.49. The molecule has 4 nitrogen and oxygen atoms in total. The smallest absolute Gasteiger partial charge is 0.171 e. The van der Waals surface area contributed by atoms with E-state index in [2.05, 4.69) is 0 Å². The van der Waals surface area contributed by atoms with Crippen molar-refractivity contribution in [2.45, 2.75) is 18.9 Å². The number of benzene rings is 1. The molecule has 0 spiro atoms. The van der Waals surface area contributed by atoms with Gasteiger partial charge in [-0.2, -0.15) is 11.8 Å². The standard InChI is InChI=1S/C13H18ClNO3S2/c1-2-20(17,18)13-9-19-6-5-15(13)12-7-11(14)4-3-10(12)8-16/h3-4,7,13,16H,2,5-6,8-9H2,1H3. The van der Waals surface area contributed by atoms with E-state index in [0.717, 1.165) is 11.4 Å². The summed E-state index contributed by atoms with van der Waals surface area (Å²) < 4.78 is 24.5. The van der Waals surface area contributed by atoms with Crippen LogP contribution in [0.1, 0.15) is 12.5 Å². The molecule has 1 N–H and O–H groups in total. The Labute approximate surface area is 129 Å². The van der Waals surface area contributed by atoms with Crippen LogP contribution in [0, 0.1) is 0 Å². The first-order valence-electron chi connectivity index (χ1n) is 6.45. The van der Waals surface area contributed by atoms with Crippen LogP contribution in [0.25, 0.3) is 0 Å². The van der Waals surface area contributed by atoms with Gasteiger partial charge in [0.25, 0.3) is 0 Å². The summed E-state index contributed by atoms with van der Waals surface area (Å²) in [6.07, 6.45) is 0. The van der Waals surface area contributed by atoms with Crippen LogP contribution in [0.5, 0.6) is 0 Å². The second-order valence-electron chi connectivity index (χ2n) is 4.61. The summed E-state index contributed by atoms with van der Waals surface area (Å²) in [7, 11) is -3.18. The van der Waals surface area contributed by atoms with Crippen molar-refractivity contribution in [3.8, 4) is 0 Å². The fraction of sp³-hybridized carbons (Fsp3) is 0.538. The van der Waals surface area contributed by atoms with Crippen LogP contribution in [-0.2, 0) is 16.4 Å². The van der Waals surface area contributed by atoms with Gasteiger partial charge in [-0.3, -0.25) is 0 Å². The SMILES string of the molecule is CCS(=O)(=O)C1CSCCN1c1cc(Cl)ccc1CO. The van der Waals surface area contributed by atoms with E-state index in [4.69, 9.17) is 11.6 Å². The van der Waals surface area contributed by atoms with E-state index >= 15 is 0 Å². The van der Waals surface area contributed by atoms with Gasteiger partial charge in [0, 0.05) is 40.1 Å². The zero-order chi connectivity index (χ0) is 14.8. The summed E-state index contributed by atoms with van der Waals surface area (Å²) in [5, 5.41) is 9.46. The van der Waals surface area contributed by atoms with Gasteiger partial charge >= 0.3 is 0 Å². The van der Waals surface area contributed by atoms with Gasteiger partial charge in [-0.25, -0.2) is 8.42 Å². The van der Waals surface area contributed by atoms with Crippen molar-refractivity contribution < 1.29 is 13.5 Å². The summed E-state index contributed by atoms with van der Waals surface area (Å²) in [5.74, 6) is 1.53. The highest BCUT2D eigenvalue weighted by Crippen LogP contribution is 2.32. The van der Waals surface area contributed by atoms with Gasteiger partial charge < -0.3 is 10.0 Å². The molecule has 0 radical (unpaired) electrons. The quantitative estimate of drug-likeness (QED) is 0.913. The molecular formula is C13H18ClNO3S2. The average molecular weight is 336 g/mol. The average Bonchev–Trinajstić information content (AvgIpc) is 2.47. The third kappa shape index (κ3) is 3.24. The lowest BCUT2D eigenvalue weighted by molar-refractivity contribution is 0.282. The molecule has 1 fully saturated rings. The van der Waals surface area contributed by atoms with E-state index in [1.54, 1.807) is 36.9 Å². The fourth-order valence-electron chi connectivity index (χ4n) is 2.28. The number of hydrogen-bond acceptors (Lipinski definition) is 5. The van der Waals surface area contributed by atoms with E-state index in [9.17, 15) is 13.5 Å². The Hall–Kier alpha value is -0.430. The van der Waals surface area contributed by atoms with E-state index in [1.807, 2.05) is 4.90 Å². The number of aliphatic hydroxyl groups excluding tert-OH is 1. The molecule has 1 heterocycles. The molecule has 112 valence electrons. The zero-order valence-electron chi connectivity index (χ0n) is 11.3. The van der Waals surface area contributed by atoms with Crippen molar-refractivity contribution in [2.24, 2.45) is 0 Å². The largest absolute Gasteiger partial charge is 0.392 e. The van der Waals surface area contributed by atoms with E-state index < -0.39 is 15.2 Å². The number of halogens is 1. The van der Waals surface area contributed by atoms with Gasteiger partial charge in [0.05, 0.1) is 6.61 Å². The minimum absolute atomic E-state index is 0.115. The highest BCUT2D eigenvalue weighted by atomic mass is 35.5. The van der Waals surface area contributed by atoms with Crippen LogP contribution in [-0.4, -0.2) is 42.7 Å². The maximum absolute atomic E-state index is 12.3. The zero-order valence-corrected chi connectivity index (χ0v) is 13.6. The molecule has 20 heavy (non-hydrogen) atoms. The van der Waals surface area contributed by atoms with Crippen LogP contribution >= 0.6 is 23.4 Å². The highest BCUT2D eigenvalue weighted by Gasteiger charge is 2.33. The number of anilines is 1. The van der Waals surface area contributed by atoms with Crippen molar-refractivity contribution in [3.05, 3.63) is 28.8 Å². The Kier molecular flexibility index (Phi) is 5.23. The molecule has 0 saturated carbocycles. The minimum atomic E-state index is -3.18. The van der Waals surface area contributed by atoms with Gasteiger partial charge in [0.2, 0.25) is 0 Å². The normalized spacial score (nSPS) is 20.1. The molecule has 0 aromatic heterocycles. The molecule has 1 aliphatic heterocycles. The van der Waals surface area contributed by atoms with Crippen LogP contribution in [0.2, 0.25) is 5.02 Å². The van der Waals surface area contributed by atoms with Gasteiger partial charge in [0.1, 0.15) is 5.37 Å². The first kappa shape index (κ1) is 15.9. The summed E-state index contributed by atoms with van der Waals surface area (Å²) in [6, 6.07) is 5.19. The van der Waals surface area contributed by atoms with Crippen LogP contribution < -0.4 is 4.90 Å². The van der Waals surface area contributed by atoms with Crippen molar-refractivity contribution in [1.29, 1.82) is 0 Å². The van der Waals surface area contributed by atoms with Crippen molar-refractivity contribution >= 4 is 38.9 Å². The Morgan fingerprint density at radius 2 is 2.25 bits per heavy atom. The van der Waals surface area contributed by atoms with Crippen LogP contribution in [0.3, 0.4) is 0 Å². The van der Waals surface area contributed by atoms with E-state index in [0.29, 0.717) is 22.9 Å². The van der Waals surface area contributed by atoms with Crippen molar-refractivity contribution in [3.63, 3.8) is 0 Å². The van der Waals surface area contributed by atoms with Gasteiger partial charge in [-0.15, -0.1) is 0 Å². The van der Waals surface area contributed by atoms with Crippen LogP contribution in [0.4, 0.5) is 5.69 Å². The Morgan fingerprint density at radius 1 is 1.50 bits per heavy atom. The molecule has 1 aromatic rings. The molecular weight excluding hydrogens is 318 g/mol. The third-order valence-corrected chi connectivity index (χ3v) is 6.95. The molecule has 7 heteroatoms. The maximum Gasteiger partial charge on any atom is 0.171 e. The summed E-state index contributed by atoms with van der Waals surface area (Å²) >= 11 is 7.67. The molecule has 1 atom stereocenters. The molecule has 1 aromatic carbocycles. The number of nitrogens with zero attached hydrogens (tertiary/aromatic N) is 1. The second kappa shape index (κ2) is 6.56. The fourth-order valence-corrected chi connectivity index (χ4v) is 5.43. The summed E-state index contributed by atoms with van der Waals surface area (Å²) in [5.41, 5.74) is 1.43. The Morgan fingerprint density at radius 3 is 2.90 bits per heavy atom. The molecule has 0 bridgehead atoms. The Bertz CT molecular complexity index is 577. The van der Waals surface area contributed by atoms with E-state index in [1.165, 1.54) is 0 Å². The van der Waals surface area contributed by atoms with Gasteiger partial charge in [-0.05, 0) is 12.1 Å². The molecule has 1 saturated heterocycles. The topological polar surface area (TPSA) is 57.6 Å². The monoisotopic (exact) mass is 335 g/mol. The number of thioether (sulfide) groups is 1. The summed E-state index contributed by atoms with van der Waals surface area (Å²) in [4.78, 5) is 1.87. The predicted molar refractivity (Wildman–Crippen MR) is 85.3 cm³/mol. The molecule has 1 aliphatic rings. The molecule has 0 aliphatic carbocycles. The van der Waals surface area contributed by atoms with Crippen molar-refractivity contribution in [1.82, 2.24) is 0 Å². The third-order valence-electron chi connectivity index (χ3n) is 3.43. The highest BCUT2D eigenvalue weighted by molar-refractivity contribution is 8.01. The Balaban J connectivity index is 2.45. The van der Waals surface area contributed by atoms with Crippen molar-refractivity contribution in [2.75, 3.05) is 28.7 Å². The van der Waals surface area contributed by atoms with Gasteiger partial charge in [-0.1, -0.05) is 24.6 Å². The second-order valence-corrected chi connectivity index (χ2v) is 8.64. The predicted octanol–water partition coefficient (Wildman–Crippen LogP) is 2.15. The lowest BCUT2D eigenvalue weighted by atomic mass is 10.1. The lowest BCUT2D eigenvalue weighted by Gasteiger charge is -2.37. The van der Waals surface area contributed by atoms with Gasteiger partial charge in [0.15, 0.2) is 9.84 Å². The first-order valence-corrected chi connectivity index (χ1v) is 9.69. The maximum atomic E-state index is 12.3. The minimum Gasteiger partial charge on any atom is -0.392 e. The molecule has 0 amide bonds. The van der Waals surface area contributed by atoms with E-state index in [-0.39, 0.29) is 12.4 Å². The number of aliphatic hydroxyl groups is 1. The number of hydrogen-bond donors (Lipinski definition) is 1. The summed E-state index contributed by atoms with van der Waals surface area (Å²) in [6.45, 7) is 2.18. The van der Waals surface area contributed by atoms with Crippen LogP contribution in [0.15, 0.2) is 18.2 Å². The number of sulfone groups is 1.